The number of nitrogens with one attached hydrogen (secondary N) is 1. The van der Waals surface area contributed by atoms with Crippen LogP contribution in [-0.2, 0) is 0 Å². The van der Waals surface area contributed by atoms with Gasteiger partial charge in [-0.1, -0.05) is 6.92 Å². The van der Waals surface area contributed by atoms with E-state index in [9.17, 15) is 0 Å². The first-order chi connectivity index (χ1) is 7.15. The molecule has 1 fully saturated rings. The molecule has 1 rings (SSSR count). The molecule has 0 saturated carbocycles. The van der Waals surface area contributed by atoms with Gasteiger partial charge in [0.15, 0.2) is 0 Å². The molecule has 3 nitrogen and oxygen atoms in total. The average Bonchev–Trinajstić information content (AvgIpc) is 2.42. The van der Waals surface area contributed by atoms with E-state index in [1.165, 1.54) is 32.6 Å². The minimum atomic E-state index is 0.698. The zero-order chi connectivity index (χ0) is 11.3. The van der Waals surface area contributed by atoms with Crippen molar-refractivity contribution in [1.29, 1.82) is 0 Å². The van der Waals surface area contributed by atoms with Crippen LogP contribution < -0.4 is 5.32 Å². The highest BCUT2D eigenvalue weighted by Crippen LogP contribution is 2.12. The van der Waals surface area contributed by atoms with Gasteiger partial charge in [0.1, 0.15) is 0 Å². The molecule has 90 valence electrons. The summed E-state index contributed by atoms with van der Waals surface area (Å²) in [4.78, 5) is 5.08. The number of likely N-dealkylation sites (N-methyl/N-ethyl adjacent to an activating group) is 1. The molecule has 1 aliphatic rings. The summed E-state index contributed by atoms with van der Waals surface area (Å²) in [6.07, 6.45) is 1.31. The number of hydrogen-bond donors (Lipinski definition) is 1. The van der Waals surface area contributed by atoms with Gasteiger partial charge in [0.2, 0.25) is 0 Å². The molecular weight excluding hydrogens is 186 g/mol. The van der Waals surface area contributed by atoms with Crippen molar-refractivity contribution >= 4 is 0 Å². The smallest absolute Gasteiger partial charge is 0.0112 e. The molecule has 2 atom stereocenters. The summed E-state index contributed by atoms with van der Waals surface area (Å²) in [6.45, 7) is 10.8. The number of rotatable bonds is 4. The van der Waals surface area contributed by atoms with Gasteiger partial charge in [0.25, 0.3) is 0 Å². The van der Waals surface area contributed by atoms with Crippen LogP contribution in [0, 0.1) is 5.92 Å². The molecule has 0 bridgehead atoms. The van der Waals surface area contributed by atoms with Crippen LogP contribution in [0.1, 0.15) is 20.3 Å². The Kier molecular flexibility index (Phi) is 5.58. The highest BCUT2D eigenvalue weighted by atomic mass is 15.2. The summed E-state index contributed by atoms with van der Waals surface area (Å²) in [5, 5.41) is 3.27. The highest BCUT2D eigenvalue weighted by Gasteiger charge is 2.21. The van der Waals surface area contributed by atoms with E-state index in [4.69, 9.17) is 0 Å². The summed E-state index contributed by atoms with van der Waals surface area (Å²) in [6, 6.07) is 0.698. The number of hydrogen-bond acceptors (Lipinski definition) is 3. The second-order valence-corrected chi connectivity index (χ2v) is 4.97. The van der Waals surface area contributed by atoms with Crippen LogP contribution in [0.3, 0.4) is 0 Å². The van der Waals surface area contributed by atoms with Gasteiger partial charge in [-0.05, 0) is 53.0 Å². The lowest BCUT2D eigenvalue weighted by Crippen LogP contribution is -2.42. The molecule has 2 unspecified atom stereocenters. The molecule has 0 radical (unpaired) electrons. The summed E-state index contributed by atoms with van der Waals surface area (Å²) in [5.74, 6) is 0.735. The zero-order valence-corrected chi connectivity index (χ0v) is 10.8. The summed E-state index contributed by atoms with van der Waals surface area (Å²) < 4.78 is 0. The van der Waals surface area contributed by atoms with Crippen molar-refractivity contribution in [2.75, 3.05) is 46.8 Å². The van der Waals surface area contributed by atoms with Crippen LogP contribution in [0.5, 0.6) is 0 Å². The topological polar surface area (TPSA) is 18.5 Å². The Bertz CT molecular complexity index is 172. The standard InChI is InChI=1S/C12H27N3/c1-11(10-13-3)12(2)15-7-5-6-14(4)8-9-15/h11-13H,5-10H2,1-4H3. The maximum Gasteiger partial charge on any atom is 0.0112 e. The Hall–Kier alpha value is -0.120. The maximum absolute atomic E-state index is 3.27. The van der Waals surface area contributed by atoms with Crippen molar-refractivity contribution < 1.29 is 0 Å². The Morgan fingerprint density at radius 1 is 1.13 bits per heavy atom. The molecule has 0 aromatic carbocycles. The fourth-order valence-corrected chi connectivity index (χ4v) is 2.33. The van der Waals surface area contributed by atoms with Gasteiger partial charge in [-0.3, -0.25) is 4.90 Å². The van der Waals surface area contributed by atoms with Gasteiger partial charge in [-0.15, -0.1) is 0 Å². The van der Waals surface area contributed by atoms with E-state index in [0.29, 0.717) is 6.04 Å². The van der Waals surface area contributed by atoms with Crippen molar-refractivity contribution in [1.82, 2.24) is 15.1 Å². The molecule has 0 spiro atoms. The molecule has 1 heterocycles. The fourth-order valence-electron chi connectivity index (χ4n) is 2.33. The monoisotopic (exact) mass is 213 g/mol. The Balaban J connectivity index is 2.40. The average molecular weight is 213 g/mol. The van der Waals surface area contributed by atoms with E-state index in [-0.39, 0.29) is 0 Å². The number of nitrogens with zero attached hydrogens (tertiary/aromatic N) is 2. The minimum Gasteiger partial charge on any atom is -0.319 e. The molecule has 3 heteroatoms. The SMILES string of the molecule is CNCC(C)C(C)N1CCCN(C)CC1. The van der Waals surface area contributed by atoms with E-state index in [1.807, 2.05) is 7.05 Å². The van der Waals surface area contributed by atoms with E-state index < -0.39 is 0 Å². The third-order valence-electron chi connectivity index (χ3n) is 3.68. The van der Waals surface area contributed by atoms with Crippen LogP contribution in [-0.4, -0.2) is 62.7 Å². The van der Waals surface area contributed by atoms with Gasteiger partial charge in [-0.25, -0.2) is 0 Å². The first-order valence-corrected chi connectivity index (χ1v) is 6.22. The molecule has 0 aromatic heterocycles. The first kappa shape index (κ1) is 12.9. The summed E-state index contributed by atoms with van der Waals surface area (Å²) >= 11 is 0. The van der Waals surface area contributed by atoms with E-state index >= 15 is 0 Å². The largest absolute Gasteiger partial charge is 0.319 e. The normalized spacial score (nSPS) is 24.8. The van der Waals surface area contributed by atoms with Gasteiger partial charge < -0.3 is 10.2 Å². The molecule has 1 N–H and O–H groups in total. The summed E-state index contributed by atoms with van der Waals surface area (Å²) in [5.41, 5.74) is 0. The van der Waals surface area contributed by atoms with Crippen LogP contribution in [0.4, 0.5) is 0 Å². The lowest BCUT2D eigenvalue weighted by Gasteiger charge is -2.32. The van der Waals surface area contributed by atoms with E-state index in [2.05, 4.69) is 36.0 Å². The molecule has 1 saturated heterocycles. The highest BCUT2D eigenvalue weighted by molar-refractivity contribution is 4.77. The van der Waals surface area contributed by atoms with Gasteiger partial charge in [0, 0.05) is 19.1 Å². The molecule has 0 aromatic rings. The second kappa shape index (κ2) is 6.46. The van der Waals surface area contributed by atoms with Crippen LogP contribution >= 0.6 is 0 Å². The second-order valence-electron chi connectivity index (χ2n) is 4.97. The Morgan fingerprint density at radius 2 is 1.87 bits per heavy atom. The van der Waals surface area contributed by atoms with Gasteiger partial charge >= 0.3 is 0 Å². The van der Waals surface area contributed by atoms with E-state index in [0.717, 1.165) is 12.5 Å². The first-order valence-electron chi connectivity index (χ1n) is 6.22. The van der Waals surface area contributed by atoms with Crippen molar-refractivity contribution in [3.8, 4) is 0 Å². The van der Waals surface area contributed by atoms with Crippen LogP contribution in [0.15, 0.2) is 0 Å². The van der Waals surface area contributed by atoms with Gasteiger partial charge in [0.05, 0.1) is 0 Å². The predicted octanol–water partition coefficient (Wildman–Crippen LogP) is 0.868. The minimum absolute atomic E-state index is 0.698. The summed E-state index contributed by atoms with van der Waals surface area (Å²) in [7, 11) is 4.27. The molecular formula is C12H27N3. The maximum atomic E-state index is 3.27. The van der Waals surface area contributed by atoms with Crippen molar-refractivity contribution in [2.24, 2.45) is 5.92 Å². The van der Waals surface area contributed by atoms with Crippen LogP contribution in [0.25, 0.3) is 0 Å². The lowest BCUT2D eigenvalue weighted by molar-refractivity contribution is 0.166. The van der Waals surface area contributed by atoms with Crippen LogP contribution in [0.2, 0.25) is 0 Å². The third kappa shape index (κ3) is 4.09. The van der Waals surface area contributed by atoms with Crippen molar-refractivity contribution in [3.63, 3.8) is 0 Å². The van der Waals surface area contributed by atoms with Crippen molar-refractivity contribution in [2.45, 2.75) is 26.3 Å². The lowest BCUT2D eigenvalue weighted by atomic mass is 10.0. The molecule has 0 amide bonds. The van der Waals surface area contributed by atoms with Crippen molar-refractivity contribution in [3.05, 3.63) is 0 Å². The fraction of sp³-hybridized carbons (Fsp3) is 1.00. The third-order valence-corrected chi connectivity index (χ3v) is 3.68. The molecule has 15 heavy (non-hydrogen) atoms. The quantitative estimate of drug-likeness (QED) is 0.747. The Labute approximate surface area is 94.8 Å². The Morgan fingerprint density at radius 3 is 2.53 bits per heavy atom. The zero-order valence-electron chi connectivity index (χ0n) is 10.8. The van der Waals surface area contributed by atoms with Gasteiger partial charge in [-0.2, -0.15) is 0 Å². The molecule has 1 aliphatic heterocycles. The van der Waals surface area contributed by atoms with E-state index in [1.54, 1.807) is 0 Å². The molecule has 0 aliphatic carbocycles. The predicted molar refractivity (Wildman–Crippen MR) is 66.2 cm³/mol.